The molecule has 9 heteroatoms. The number of hydrogen-bond acceptors (Lipinski definition) is 6. The Bertz CT molecular complexity index is 905. The molecule has 3 rings (SSSR count). The van der Waals surface area contributed by atoms with Gasteiger partial charge in [0.05, 0.1) is 12.7 Å². The second kappa shape index (κ2) is 8.36. The summed E-state index contributed by atoms with van der Waals surface area (Å²) in [6.07, 6.45) is 3.83. The van der Waals surface area contributed by atoms with Crippen LogP contribution in [0.5, 0.6) is 0 Å². The average Bonchev–Trinajstić information content (AvgIpc) is 3.25. The van der Waals surface area contributed by atoms with Gasteiger partial charge in [-0.15, -0.1) is 10.2 Å². The third kappa shape index (κ3) is 5.18. The Balaban J connectivity index is 1.64. The summed E-state index contributed by atoms with van der Waals surface area (Å²) in [6, 6.07) is 5.89. The van der Waals surface area contributed by atoms with E-state index in [9.17, 15) is 9.18 Å². The SMILES string of the molecule is CC(C)N(Cc1cnn(C)c1)Cc1nnc(C(=O)Nc2ccc(F)cc2)s1. The maximum atomic E-state index is 13.0. The molecule has 2 heterocycles. The smallest absolute Gasteiger partial charge is 0.286 e. The van der Waals surface area contributed by atoms with Gasteiger partial charge in [0, 0.05) is 37.1 Å². The number of carbonyl (C=O) groups excluding carboxylic acids is 1. The van der Waals surface area contributed by atoms with Crippen LogP contribution in [0.3, 0.4) is 0 Å². The van der Waals surface area contributed by atoms with Gasteiger partial charge >= 0.3 is 0 Å². The van der Waals surface area contributed by atoms with Gasteiger partial charge < -0.3 is 5.32 Å². The van der Waals surface area contributed by atoms with E-state index in [0.717, 1.165) is 17.1 Å². The molecule has 1 N–H and O–H groups in total. The second-order valence-corrected chi connectivity index (χ2v) is 7.55. The van der Waals surface area contributed by atoms with Gasteiger partial charge in [-0.1, -0.05) is 11.3 Å². The zero-order valence-corrected chi connectivity index (χ0v) is 16.2. The maximum absolute atomic E-state index is 13.0. The van der Waals surface area contributed by atoms with Crippen LogP contribution in [0.1, 0.15) is 34.2 Å². The standard InChI is InChI=1S/C18H21FN6OS/c1-12(2)25(10-13-8-20-24(3)9-13)11-16-22-23-18(27-16)17(26)21-15-6-4-14(19)5-7-15/h4-9,12H,10-11H2,1-3H3,(H,21,26). The first-order valence-corrected chi connectivity index (χ1v) is 9.33. The zero-order chi connectivity index (χ0) is 19.4. The van der Waals surface area contributed by atoms with Crippen LogP contribution in [0.4, 0.5) is 10.1 Å². The normalized spacial score (nSPS) is 11.3. The average molecular weight is 388 g/mol. The second-order valence-electron chi connectivity index (χ2n) is 6.48. The van der Waals surface area contributed by atoms with Crippen molar-refractivity contribution in [1.82, 2.24) is 24.9 Å². The highest BCUT2D eigenvalue weighted by Crippen LogP contribution is 2.18. The summed E-state index contributed by atoms with van der Waals surface area (Å²) >= 11 is 1.25. The Kier molecular flexibility index (Phi) is 5.92. The van der Waals surface area contributed by atoms with Gasteiger partial charge in [0.15, 0.2) is 0 Å². The number of halogens is 1. The largest absolute Gasteiger partial charge is 0.320 e. The van der Waals surface area contributed by atoms with Gasteiger partial charge in [-0.25, -0.2) is 4.39 Å². The van der Waals surface area contributed by atoms with E-state index in [-0.39, 0.29) is 16.7 Å². The van der Waals surface area contributed by atoms with Crippen LogP contribution in [0, 0.1) is 5.82 Å². The molecule has 0 spiro atoms. The molecule has 0 saturated heterocycles. The van der Waals surface area contributed by atoms with E-state index in [0.29, 0.717) is 18.3 Å². The highest BCUT2D eigenvalue weighted by Gasteiger charge is 2.17. The Hall–Kier alpha value is -2.65. The first-order valence-electron chi connectivity index (χ1n) is 8.51. The molecule has 7 nitrogen and oxygen atoms in total. The number of rotatable bonds is 7. The minimum absolute atomic E-state index is 0.277. The molecule has 1 aromatic carbocycles. The van der Waals surface area contributed by atoms with Crippen LogP contribution >= 0.6 is 11.3 Å². The summed E-state index contributed by atoms with van der Waals surface area (Å²) in [4.78, 5) is 14.5. The maximum Gasteiger partial charge on any atom is 0.286 e. The lowest BCUT2D eigenvalue weighted by molar-refractivity contribution is 0.102. The van der Waals surface area contributed by atoms with Crippen molar-refractivity contribution in [3.8, 4) is 0 Å². The number of nitrogens with one attached hydrogen (secondary N) is 1. The Morgan fingerprint density at radius 3 is 2.63 bits per heavy atom. The van der Waals surface area contributed by atoms with Crippen molar-refractivity contribution in [1.29, 1.82) is 0 Å². The van der Waals surface area contributed by atoms with Crippen molar-refractivity contribution in [3.63, 3.8) is 0 Å². The third-order valence-electron chi connectivity index (χ3n) is 3.98. The van der Waals surface area contributed by atoms with Crippen molar-refractivity contribution in [2.24, 2.45) is 7.05 Å². The number of aryl methyl sites for hydroxylation is 1. The highest BCUT2D eigenvalue weighted by molar-refractivity contribution is 7.13. The summed E-state index contributed by atoms with van der Waals surface area (Å²) in [5, 5.41) is 16.1. The van der Waals surface area contributed by atoms with Crippen LogP contribution in [0.15, 0.2) is 36.7 Å². The van der Waals surface area contributed by atoms with Crippen LogP contribution in [-0.4, -0.2) is 36.8 Å². The number of anilines is 1. The minimum Gasteiger partial charge on any atom is -0.320 e. The molecule has 0 unspecified atom stereocenters. The van der Waals surface area contributed by atoms with E-state index in [1.807, 2.05) is 19.4 Å². The molecule has 142 valence electrons. The molecular formula is C18H21FN6OS. The molecule has 0 atom stereocenters. The molecule has 0 aliphatic heterocycles. The molecular weight excluding hydrogens is 367 g/mol. The highest BCUT2D eigenvalue weighted by atomic mass is 32.1. The predicted octanol–water partition coefficient (Wildman–Crippen LogP) is 3.07. The summed E-state index contributed by atoms with van der Waals surface area (Å²) in [6.45, 7) is 5.55. The number of nitrogens with zero attached hydrogens (tertiary/aromatic N) is 5. The molecule has 2 aromatic heterocycles. The van der Waals surface area contributed by atoms with E-state index in [2.05, 4.69) is 39.4 Å². The van der Waals surface area contributed by atoms with Gasteiger partial charge in [-0.3, -0.25) is 14.4 Å². The zero-order valence-electron chi connectivity index (χ0n) is 15.4. The summed E-state index contributed by atoms with van der Waals surface area (Å²) in [5.74, 6) is -0.706. The van der Waals surface area contributed by atoms with Crippen molar-refractivity contribution in [3.05, 3.63) is 58.1 Å². The van der Waals surface area contributed by atoms with Gasteiger partial charge in [-0.05, 0) is 38.1 Å². The summed E-state index contributed by atoms with van der Waals surface area (Å²) < 4.78 is 14.7. The monoisotopic (exact) mass is 388 g/mol. The van der Waals surface area contributed by atoms with Crippen molar-refractivity contribution in [2.45, 2.75) is 33.0 Å². The van der Waals surface area contributed by atoms with Crippen LogP contribution in [0.2, 0.25) is 0 Å². The van der Waals surface area contributed by atoms with Crippen LogP contribution < -0.4 is 5.32 Å². The van der Waals surface area contributed by atoms with E-state index >= 15 is 0 Å². The fourth-order valence-corrected chi connectivity index (χ4v) is 3.27. The van der Waals surface area contributed by atoms with E-state index in [1.54, 1.807) is 4.68 Å². The Labute approximate surface area is 160 Å². The topological polar surface area (TPSA) is 75.9 Å². The first-order chi connectivity index (χ1) is 12.9. The molecule has 0 saturated carbocycles. The molecule has 0 aliphatic rings. The predicted molar refractivity (Wildman–Crippen MR) is 102 cm³/mol. The quantitative estimate of drug-likeness (QED) is 0.673. The lowest BCUT2D eigenvalue weighted by Gasteiger charge is -2.24. The third-order valence-corrected chi connectivity index (χ3v) is 4.88. The van der Waals surface area contributed by atoms with Crippen molar-refractivity contribution < 1.29 is 9.18 Å². The molecule has 0 radical (unpaired) electrons. The lowest BCUT2D eigenvalue weighted by Crippen LogP contribution is -2.29. The molecule has 0 fully saturated rings. The Morgan fingerprint density at radius 2 is 2.00 bits per heavy atom. The van der Waals surface area contributed by atoms with Gasteiger partial charge in [0.2, 0.25) is 5.01 Å². The lowest BCUT2D eigenvalue weighted by atomic mass is 10.2. The van der Waals surface area contributed by atoms with Crippen LogP contribution in [-0.2, 0) is 20.1 Å². The first kappa shape index (κ1) is 19.1. The fourth-order valence-electron chi connectivity index (χ4n) is 2.51. The van der Waals surface area contributed by atoms with Crippen molar-refractivity contribution >= 4 is 22.9 Å². The number of aromatic nitrogens is 4. The van der Waals surface area contributed by atoms with E-state index in [4.69, 9.17) is 0 Å². The number of carbonyl (C=O) groups is 1. The molecule has 3 aromatic rings. The molecule has 27 heavy (non-hydrogen) atoms. The van der Waals surface area contributed by atoms with Gasteiger partial charge in [-0.2, -0.15) is 5.10 Å². The number of amides is 1. The summed E-state index contributed by atoms with van der Waals surface area (Å²) in [5.41, 5.74) is 1.63. The minimum atomic E-state index is -0.353. The van der Waals surface area contributed by atoms with Gasteiger partial charge in [0.1, 0.15) is 10.8 Å². The molecule has 0 bridgehead atoms. The van der Waals surface area contributed by atoms with Crippen LogP contribution in [0.25, 0.3) is 0 Å². The Morgan fingerprint density at radius 1 is 1.26 bits per heavy atom. The molecule has 0 aliphatic carbocycles. The number of hydrogen-bond donors (Lipinski definition) is 1. The fraction of sp³-hybridized carbons (Fsp3) is 0.333. The van der Waals surface area contributed by atoms with E-state index < -0.39 is 0 Å². The number of benzene rings is 1. The van der Waals surface area contributed by atoms with Gasteiger partial charge in [0.25, 0.3) is 5.91 Å². The van der Waals surface area contributed by atoms with E-state index in [1.165, 1.54) is 35.6 Å². The summed E-state index contributed by atoms with van der Waals surface area (Å²) in [7, 11) is 1.89. The molecule has 1 amide bonds. The van der Waals surface area contributed by atoms with Crippen molar-refractivity contribution in [2.75, 3.05) is 5.32 Å².